The van der Waals surface area contributed by atoms with Crippen LogP contribution < -0.4 is 14.4 Å². The number of para-hydroxylation sites is 1. The van der Waals surface area contributed by atoms with Crippen LogP contribution in [0.1, 0.15) is 50.6 Å². The second-order valence-electron chi connectivity index (χ2n) is 11.0. The molecule has 1 N–H and O–H groups in total. The lowest BCUT2D eigenvalue weighted by atomic mass is 9.94. The van der Waals surface area contributed by atoms with Gasteiger partial charge in [0.05, 0.1) is 23.9 Å². The molecule has 9 nitrogen and oxygen atoms in total. The van der Waals surface area contributed by atoms with Crippen molar-refractivity contribution in [2.45, 2.75) is 33.4 Å². The fourth-order valence-corrected chi connectivity index (χ4v) is 6.43. The van der Waals surface area contributed by atoms with Gasteiger partial charge in [-0.2, -0.15) is 0 Å². The van der Waals surface area contributed by atoms with Crippen molar-refractivity contribution in [1.29, 1.82) is 0 Å². The van der Waals surface area contributed by atoms with Gasteiger partial charge >= 0.3 is 11.9 Å². The van der Waals surface area contributed by atoms with Crippen LogP contribution in [0.3, 0.4) is 0 Å². The first-order valence-electron chi connectivity index (χ1n) is 15.3. The van der Waals surface area contributed by atoms with Crippen molar-refractivity contribution < 1.29 is 33.7 Å². The number of aryl methyl sites for hydroxylation is 2. The summed E-state index contributed by atoms with van der Waals surface area (Å²) in [6, 6.07) is 29.9. The number of aliphatic hydroxyl groups is 1. The third-order valence-corrected chi connectivity index (χ3v) is 8.87. The number of ether oxygens (including phenoxy) is 3. The van der Waals surface area contributed by atoms with E-state index in [0.717, 1.165) is 22.5 Å². The quantitative estimate of drug-likeness (QED) is 0.0695. The average molecular weight is 661 g/mol. The Hall–Kier alpha value is -5.74. The number of hydrogen-bond acceptors (Lipinski definition) is 9. The lowest BCUT2D eigenvalue weighted by Crippen LogP contribution is -2.29. The fourth-order valence-electron chi connectivity index (χ4n) is 5.44. The number of ketones is 1. The smallest absolute Gasteiger partial charge is 0.350 e. The van der Waals surface area contributed by atoms with E-state index in [1.807, 2.05) is 67.6 Å². The van der Waals surface area contributed by atoms with E-state index in [1.54, 1.807) is 56.3 Å². The van der Waals surface area contributed by atoms with Crippen molar-refractivity contribution in [3.63, 3.8) is 0 Å². The number of esters is 1. The lowest BCUT2D eigenvalue weighted by Gasteiger charge is -2.23. The van der Waals surface area contributed by atoms with E-state index >= 15 is 0 Å². The summed E-state index contributed by atoms with van der Waals surface area (Å²) >= 11 is 0.949. The Bertz CT molecular complexity index is 2020. The summed E-state index contributed by atoms with van der Waals surface area (Å²) in [5.41, 5.74) is 2.80. The number of amides is 1. The molecule has 0 spiro atoms. The number of carbonyl (C=O) groups excluding carboxylic acids is 3. The number of aromatic nitrogens is 1. The summed E-state index contributed by atoms with van der Waals surface area (Å²) in [7, 11) is 0. The number of thiazole rings is 1. The van der Waals surface area contributed by atoms with E-state index in [9.17, 15) is 19.5 Å². The summed E-state index contributed by atoms with van der Waals surface area (Å²) < 4.78 is 17.3. The molecule has 0 bridgehead atoms. The van der Waals surface area contributed by atoms with Crippen LogP contribution >= 0.6 is 11.3 Å². The number of Topliss-reactive ketones (excluding diaryl/α,β-unsaturated/α-hetero) is 1. The van der Waals surface area contributed by atoms with E-state index in [1.165, 1.54) is 4.90 Å². The van der Waals surface area contributed by atoms with Gasteiger partial charge in [0.2, 0.25) is 0 Å². The van der Waals surface area contributed by atoms with Crippen molar-refractivity contribution in [2.75, 3.05) is 11.5 Å². The van der Waals surface area contributed by atoms with Crippen molar-refractivity contribution >= 4 is 39.9 Å². The molecular formula is C38H32N2O7S. The molecule has 242 valence electrons. The molecule has 1 fully saturated rings. The van der Waals surface area contributed by atoms with E-state index in [0.29, 0.717) is 40.7 Å². The van der Waals surface area contributed by atoms with Gasteiger partial charge in [-0.05, 0) is 79.9 Å². The second kappa shape index (κ2) is 13.9. The molecule has 0 aliphatic carbocycles. The van der Waals surface area contributed by atoms with Gasteiger partial charge in [-0.25, -0.2) is 9.78 Å². The lowest BCUT2D eigenvalue weighted by molar-refractivity contribution is -0.132. The molecule has 1 aliphatic heterocycles. The minimum absolute atomic E-state index is 0.122. The summed E-state index contributed by atoms with van der Waals surface area (Å²) in [6.07, 6.45) is 0. The second-order valence-corrected chi connectivity index (χ2v) is 12.0. The number of nitrogens with zero attached hydrogens (tertiary/aromatic N) is 2. The molecule has 48 heavy (non-hydrogen) atoms. The average Bonchev–Trinajstić information content (AvgIpc) is 3.60. The monoisotopic (exact) mass is 660 g/mol. The molecule has 1 amide bonds. The minimum Gasteiger partial charge on any atom is -0.507 e. The van der Waals surface area contributed by atoms with Gasteiger partial charge < -0.3 is 19.3 Å². The normalized spacial score (nSPS) is 15.4. The number of aliphatic hydroxyl groups excluding tert-OH is 1. The van der Waals surface area contributed by atoms with Crippen molar-refractivity contribution in [3.05, 3.63) is 142 Å². The van der Waals surface area contributed by atoms with Gasteiger partial charge in [0.1, 0.15) is 34.5 Å². The van der Waals surface area contributed by atoms with Crippen molar-refractivity contribution in [2.24, 2.45) is 0 Å². The van der Waals surface area contributed by atoms with E-state index in [4.69, 9.17) is 14.2 Å². The molecular weight excluding hydrogens is 628 g/mol. The molecule has 1 unspecified atom stereocenters. The first-order valence-corrected chi connectivity index (χ1v) is 16.1. The SMILES string of the molecule is CCOC(=O)c1sc(N2C(=O)C(=O)/C(=C(/O)c3ccc(OCc4ccccc4)c(C)c3)C2c2cccc(Oc3ccccc3)c2)nc1C. The molecule has 5 aromatic rings. The third-order valence-electron chi connectivity index (χ3n) is 7.73. The zero-order valence-corrected chi connectivity index (χ0v) is 27.3. The summed E-state index contributed by atoms with van der Waals surface area (Å²) in [4.78, 5) is 46.2. The summed E-state index contributed by atoms with van der Waals surface area (Å²) in [5.74, 6) is -1.03. The highest BCUT2D eigenvalue weighted by Gasteiger charge is 2.48. The molecule has 1 aromatic heterocycles. The van der Waals surface area contributed by atoms with Crippen molar-refractivity contribution in [3.8, 4) is 17.2 Å². The Morgan fingerprint density at radius 3 is 2.31 bits per heavy atom. The molecule has 1 aliphatic rings. The number of rotatable bonds is 10. The maximum atomic E-state index is 13.8. The van der Waals surface area contributed by atoms with Crippen LogP contribution in [0.25, 0.3) is 5.76 Å². The zero-order chi connectivity index (χ0) is 33.8. The van der Waals surface area contributed by atoms with Gasteiger partial charge in [0, 0.05) is 5.56 Å². The van der Waals surface area contributed by atoms with Crippen molar-refractivity contribution in [1.82, 2.24) is 4.98 Å². The maximum Gasteiger partial charge on any atom is 0.350 e. The molecule has 4 aromatic carbocycles. The van der Waals surface area contributed by atoms with E-state index < -0.39 is 23.7 Å². The molecule has 1 saturated heterocycles. The van der Waals surface area contributed by atoms with E-state index in [-0.39, 0.29) is 27.9 Å². The van der Waals surface area contributed by atoms with Gasteiger partial charge in [-0.1, -0.05) is 72.0 Å². The van der Waals surface area contributed by atoms with Crippen LogP contribution in [0.2, 0.25) is 0 Å². The molecule has 1 atom stereocenters. The Morgan fingerprint density at radius 2 is 1.60 bits per heavy atom. The molecule has 10 heteroatoms. The number of benzene rings is 4. The predicted octanol–water partition coefficient (Wildman–Crippen LogP) is 7.93. The first-order chi connectivity index (χ1) is 23.2. The van der Waals surface area contributed by atoms with Gasteiger partial charge in [-0.15, -0.1) is 0 Å². The van der Waals surface area contributed by atoms with E-state index in [2.05, 4.69) is 4.98 Å². The Balaban J connectivity index is 1.42. The van der Waals surface area contributed by atoms with Gasteiger partial charge in [0.25, 0.3) is 5.78 Å². The summed E-state index contributed by atoms with van der Waals surface area (Å²) in [5, 5.41) is 11.9. The van der Waals surface area contributed by atoms with Crippen LogP contribution in [0.5, 0.6) is 17.2 Å². The van der Waals surface area contributed by atoms with Crippen LogP contribution in [0.4, 0.5) is 5.13 Å². The Labute approximate surface area is 281 Å². The standard InChI is InChI=1S/C38H32N2O7S/c1-4-45-37(44)35-24(3)39-38(48-35)40-32(26-14-11-17-29(21-26)47-28-15-9-6-10-16-28)31(34(42)36(40)43)33(41)27-18-19-30(23(2)20-27)46-22-25-12-7-5-8-13-25/h5-21,32,41H,4,22H2,1-3H3/b33-31+. The maximum absolute atomic E-state index is 13.8. The fraction of sp³-hybridized carbons (Fsp3) is 0.158. The predicted molar refractivity (Wildman–Crippen MR) is 183 cm³/mol. The molecule has 2 heterocycles. The van der Waals surface area contributed by atoms with Crippen LogP contribution in [-0.4, -0.2) is 34.4 Å². The minimum atomic E-state index is -1.08. The molecule has 6 rings (SSSR count). The van der Waals surface area contributed by atoms with Crippen LogP contribution in [0.15, 0.2) is 109 Å². The number of anilines is 1. The molecule has 0 radical (unpaired) electrons. The van der Waals surface area contributed by atoms with Crippen LogP contribution in [-0.2, 0) is 20.9 Å². The number of hydrogen-bond donors (Lipinski definition) is 1. The Kier molecular flexibility index (Phi) is 9.36. The van der Waals surface area contributed by atoms with Gasteiger partial charge in [0.15, 0.2) is 5.13 Å². The highest BCUT2D eigenvalue weighted by Crippen LogP contribution is 2.45. The first kappa shape index (κ1) is 32.2. The van der Waals surface area contributed by atoms with Crippen LogP contribution in [0, 0.1) is 13.8 Å². The Morgan fingerprint density at radius 1 is 0.896 bits per heavy atom. The highest BCUT2D eigenvalue weighted by molar-refractivity contribution is 7.17. The zero-order valence-electron chi connectivity index (χ0n) is 26.5. The largest absolute Gasteiger partial charge is 0.507 e. The number of carbonyl (C=O) groups is 3. The molecule has 0 saturated carbocycles. The third kappa shape index (κ3) is 6.56. The topological polar surface area (TPSA) is 115 Å². The summed E-state index contributed by atoms with van der Waals surface area (Å²) in [6.45, 7) is 5.70. The highest BCUT2D eigenvalue weighted by atomic mass is 32.1. The van der Waals surface area contributed by atoms with Gasteiger partial charge in [-0.3, -0.25) is 14.5 Å².